The van der Waals surface area contributed by atoms with Gasteiger partial charge in [0.25, 0.3) is 5.91 Å². The Kier molecular flexibility index (Phi) is 7.72. The van der Waals surface area contributed by atoms with Crippen molar-refractivity contribution in [2.75, 3.05) is 23.1 Å². The number of anilines is 2. The van der Waals surface area contributed by atoms with Crippen molar-refractivity contribution in [1.29, 1.82) is 0 Å². The summed E-state index contributed by atoms with van der Waals surface area (Å²) in [5.74, 6) is 1.42. The number of ether oxygens (including phenoxy) is 1. The zero-order valence-corrected chi connectivity index (χ0v) is 25.0. The van der Waals surface area contributed by atoms with E-state index in [1.807, 2.05) is 11.6 Å². The number of aryl methyl sites for hydroxylation is 1. The number of hydrogen-bond donors (Lipinski definition) is 2. The van der Waals surface area contributed by atoms with Crippen molar-refractivity contribution in [3.63, 3.8) is 0 Å². The topological polar surface area (TPSA) is 87.6 Å². The first kappa shape index (κ1) is 29.3. The van der Waals surface area contributed by atoms with Gasteiger partial charge in [0, 0.05) is 31.4 Å². The van der Waals surface area contributed by atoms with E-state index in [1.54, 1.807) is 35.6 Å². The maximum absolute atomic E-state index is 13.5. The number of alkyl halides is 3. The number of rotatable bonds is 5. The van der Waals surface area contributed by atoms with Crippen molar-refractivity contribution in [2.45, 2.75) is 95.1 Å². The number of amides is 1. The summed E-state index contributed by atoms with van der Waals surface area (Å²) in [5, 5.41) is 6.21. The number of halogens is 3. The van der Waals surface area contributed by atoms with Crippen LogP contribution in [-0.4, -0.2) is 51.8 Å². The maximum atomic E-state index is 13.5. The molecule has 2 unspecified atom stereocenters. The van der Waals surface area contributed by atoms with E-state index < -0.39 is 17.8 Å². The molecule has 9 nitrogen and oxygen atoms in total. The third-order valence-corrected chi connectivity index (χ3v) is 10.0. The lowest BCUT2D eigenvalue weighted by Gasteiger charge is -2.34. The molecular weight excluding hydrogens is 567 g/mol. The molecule has 1 amide bonds. The van der Waals surface area contributed by atoms with Crippen LogP contribution in [0.25, 0.3) is 0 Å². The highest BCUT2D eigenvalue weighted by molar-refractivity contribution is 7.98. The number of hydrogen-bond acceptors (Lipinski definition) is 8. The molecule has 2 aromatic rings. The first-order valence-electron chi connectivity index (χ1n) is 14.7. The van der Waals surface area contributed by atoms with Crippen LogP contribution in [0.2, 0.25) is 0 Å². The van der Waals surface area contributed by atoms with Crippen molar-refractivity contribution in [3.05, 3.63) is 41.9 Å². The lowest BCUT2D eigenvalue weighted by atomic mass is 9.93. The van der Waals surface area contributed by atoms with Crippen molar-refractivity contribution in [3.8, 4) is 0 Å². The molecule has 228 valence electrons. The van der Waals surface area contributed by atoms with Gasteiger partial charge in [-0.15, -0.1) is 0 Å². The average molecular weight is 606 g/mol. The minimum absolute atomic E-state index is 0.00649. The molecule has 1 saturated heterocycles. The summed E-state index contributed by atoms with van der Waals surface area (Å²) in [6.07, 6.45) is 5.08. The van der Waals surface area contributed by atoms with Crippen LogP contribution in [0.4, 0.5) is 24.8 Å². The summed E-state index contributed by atoms with van der Waals surface area (Å²) >= 11 is 1.26. The Labute approximate surface area is 248 Å². The van der Waals surface area contributed by atoms with Crippen molar-refractivity contribution in [2.24, 2.45) is 11.3 Å². The van der Waals surface area contributed by atoms with Crippen molar-refractivity contribution in [1.82, 2.24) is 24.9 Å². The van der Waals surface area contributed by atoms with Gasteiger partial charge in [0.2, 0.25) is 0 Å². The van der Waals surface area contributed by atoms with Gasteiger partial charge >= 0.3 is 6.18 Å². The van der Waals surface area contributed by atoms with Crippen LogP contribution < -0.4 is 20.1 Å². The van der Waals surface area contributed by atoms with Gasteiger partial charge < -0.3 is 9.64 Å². The summed E-state index contributed by atoms with van der Waals surface area (Å²) in [4.78, 5) is 21.7. The van der Waals surface area contributed by atoms with Gasteiger partial charge in [-0.25, -0.2) is 4.98 Å². The smallest absolute Gasteiger partial charge is 0.358 e. The molecule has 2 atom stereocenters. The number of pyridine rings is 1. The SMILES string of the molecule is Cc1c2cnn1CCCCC1CN(c3nc(N4C=CC(OCCC5(C(F)(F)F)CC5)N4)ccc3C(=O)NS2)C(C)(C)C1. The summed E-state index contributed by atoms with van der Waals surface area (Å²) in [6, 6.07) is 3.55. The summed E-state index contributed by atoms with van der Waals surface area (Å²) in [7, 11) is 0. The van der Waals surface area contributed by atoms with E-state index in [1.165, 1.54) is 11.9 Å². The normalized spacial score (nSPS) is 25.1. The third kappa shape index (κ3) is 5.74. The zero-order chi connectivity index (χ0) is 29.7. The van der Waals surface area contributed by atoms with E-state index in [9.17, 15) is 18.0 Å². The van der Waals surface area contributed by atoms with Crippen molar-refractivity contribution < 1.29 is 22.7 Å². The Morgan fingerprint density at radius 3 is 2.79 bits per heavy atom. The number of nitrogens with one attached hydrogen (secondary N) is 2. The molecule has 1 saturated carbocycles. The van der Waals surface area contributed by atoms with Gasteiger partial charge in [0.1, 0.15) is 17.9 Å². The van der Waals surface area contributed by atoms with E-state index in [-0.39, 0.29) is 37.3 Å². The van der Waals surface area contributed by atoms with Crippen LogP contribution in [0, 0.1) is 18.3 Å². The highest BCUT2D eigenvalue weighted by Crippen LogP contribution is 2.59. The van der Waals surface area contributed by atoms with Gasteiger partial charge in [-0.3, -0.25) is 19.2 Å². The van der Waals surface area contributed by atoms with E-state index in [0.717, 1.165) is 49.4 Å². The predicted molar refractivity (Wildman–Crippen MR) is 155 cm³/mol. The van der Waals surface area contributed by atoms with Crippen molar-refractivity contribution >= 4 is 29.5 Å². The van der Waals surface area contributed by atoms with Gasteiger partial charge in [-0.1, -0.05) is 6.42 Å². The molecule has 1 aliphatic carbocycles. The Morgan fingerprint density at radius 1 is 1.21 bits per heavy atom. The Morgan fingerprint density at radius 2 is 2.02 bits per heavy atom. The molecule has 2 fully saturated rings. The van der Waals surface area contributed by atoms with Gasteiger partial charge in [-0.05, 0) is 95.4 Å². The zero-order valence-electron chi connectivity index (χ0n) is 24.2. The standard InChI is InChI=1S/C29H38F3N7O2S/c1-19-22-17-33-38(19)13-5-4-6-20-16-27(2,3)37(18-20)25-21(26(40)36-42-22)7-8-23(34-25)39-14-9-24(35-39)41-15-12-28(10-11-28)29(30,31)32/h7-9,14,17,20,24,35H,4-6,10-13,15-16,18H2,1-3H3,(H,36,40). The fraction of sp³-hybridized carbons (Fsp3) is 0.621. The summed E-state index contributed by atoms with van der Waals surface area (Å²) in [6.45, 7) is 8.07. The number of aromatic nitrogens is 3. The van der Waals surface area contributed by atoms with Gasteiger partial charge in [0.15, 0.2) is 0 Å². The maximum Gasteiger partial charge on any atom is 0.394 e. The van der Waals surface area contributed by atoms with E-state index in [0.29, 0.717) is 23.1 Å². The monoisotopic (exact) mass is 605 g/mol. The molecule has 5 heterocycles. The van der Waals surface area contributed by atoms with Crippen LogP contribution in [0.15, 0.2) is 35.5 Å². The van der Waals surface area contributed by atoms with Crippen LogP contribution >= 0.6 is 11.9 Å². The lowest BCUT2D eigenvalue weighted by molar-refractivity contribution is -0.192. The average Bonchev–Trinajstić information content (AvgIpc) is 3.30. The van der Waals surface area contributed by atoms with Crippen LogP contribution in [-0.2, 0) is 11.3 Å². The molecular formula is C29H38F3N7O2S. The van der Waals surface area contributed by atoms with Crippen LogP contribution in [0.3, 0.4) is 0 Å². The molecule has 2 aromatic heterocycles. The third-order valence-electron chi connectivity index (χ3n) is 9.12. The lowest BCUT2D eigenvalue weighted by Crippen LogP contribution is -2.41. The fourth-order valence-corrected chi connectivity index (χ4v) is 7.01. The molecule has 0 radical (unpaired) electrons. The minimum Gasteiger partial charge on any atom is -0.358 e. The van der Waals surface area contributed by atoms with Gasteiger partial charge in [0.05, 0.1) is 27.8 Å². The number of hydrazine groups is 1. The molecule has 4 aliphatic rings. The number of carbonyl (C=O) groups is 1. The molecule has 2 N–H and O–H groups in total. The largest absolute Gasteiger partial charge is 0.394 e. The molecule has 3 aliphatic heterocycles. The highest BCUT2D eigenvalue weighted by atomic mass is 32.2. The second-order valence-electron chi connectivity index (χ2n) is 12.5. The predicted octanol–water partition coefficient (Wildman–Crippen LogP) is 5.73. The van der Waals surface area contributed by atoms with E-state index >= 15 is 0 Å². The quantitative estimate of drug-likeness (QED) is 0.419. The molecule has 13 heteroatoms. The summed E-state index contributed by atoms with van der Waals surface area (Å²) < 4.78 is 50.6. The second kappa shape index (κ2) is 11.1. The van der Waals surface area contributed by atoms with E-state index in [4.69, 9.17) is 9.72 Å². The molecule has 0 spiro atoms. The summed E-state index contributed by atoms with van der Waals surface area (Å²) in [5.41, 5.74) is 2.89. The Hall–Kier alpha value is -2.77. The first-order chi connectivity index (χ1) is 20.0. The number of nitrogens with zero attached hydrogens (tertiary/aromatic N) is 5. The Balaban J connectivity index is 1.21. The minimum atomic E-state index is -4.19. The van der Waals surface area contributed by atoms with Crippen LogP contribution in [0.1, 0.15) is 74.8 Å². The van der Waals surface area contributed by atoms with E-state index in [2.05, 4.69) is 34.0 Å². The number of fused-ring (bicyclic) bond motifs is 6. The first-order valence-corrected chi connectivity index (χ1v) is 15.5. The van der Waals surface area contributed by atoms with Crippen LogP contribution in [0.5, 0.6) is 0 Å². The molecule has 42 heavy (non-hydrogen) atoms. The fourth-order valence-electron chi connectivity index (χ4n) is 6.34. The molecule has 4 bridgehead atoms. The van der Waals surface area contributed by atoms with Gasteiger partial charge in [-0.2, -0.15) is 23.7 Å². The highest BCUT2D eigenvalue weighted by Gasteiger charge is 2.62. The second-order valence-corrected chi connectivity index (χ2v) is 13.4. The molecule has 6 rings (SSSR count). The number of carbonyl (C=O) groups excluding carboxylic acids is 1. The molecule has 0 aromatic carbocycles. The Bertz CT molecular complexity index is 1360.